The molecule has 6 atom stereocenters. The summed E-state index contributed by atoms with van der Waals surface area (Å²) in [5, 5.41) is 22.9. The SMILES string of the molecule is OC1(CCC(F)(F)F)CCC2(Cc3ccccc3)c3ccc(Oc4ccc5c(c4)CCC4CC(O)(CCC(F)(F)F)CCC54Cc4ccccc4)cc3CCC2C1. The van der Waals surface area contributed by atoms with E-state index in [0.717, 1.165) is 38.5 Å². The highest BCUT2D eigenvalue weighted by Crippen LogP contribution is 2.58. The Kier molecular flexibility index (Phi) is 10.6. The van der Waals surface area contributed by atoms with Crippen LogP contribution < -0.4 is 4.74 Å². The zero-order chi connectivity index (χ0) is 40.1. The molecule has 0 heterocycles. The largest absolute Gasteiger partial charge is 0.457 e. The lowest BCUT2D eigenvalue weighted by atomic mass is 9.52. The molecule has 2 N–H and O–H groups in total. The molecule has 57 heavy (non-hydrogen) atoms. The van der Waals surface area contributed by atoms with E-state index in [0.29, 0.717) is 50.0 Å². The molecule has 4 aliphatic carbocycles. The summed E-state index contributed by atoms with van der Waals surface area (Å²) in [6, 6.07) is 32.9. The zero-order valence-corrected chi connectivity index (χ0v) is 32.3. The molecule has 4 aromatic rings. The molecule has 2 fully saturated rings. The van der Waals surface area contributed by atoms with E-state index < -0.39 is 36.4 Å². The number of alkyl halides is 6. The lowest BCUT2D eigenvalue weighted by molar-refractivity contribution is -0.154. The zero-order valence-electron chi connectivity index (χ0n) is 32.3. The minimum atomic E-state index is -4.31. The highest BCUT2D eigenvalue weighted by atomic mass is 19.4. The van der Waals surface area contributed by atoms with Crippen molar-refractivity contribution in [3.63, 3.8) is 0 Å². The molecule has 6 unspecified atom stereocenters. The number of aliphatic hydroxyl groups is 2. The molecule has 0 saturated heterocycles. The Labute approximate surface area is 331 Å². The first kappa shape index (κ1) is 40.0. The van der Waals surface area contributed by atoms with E-state index in [-0.39, 0.29) is 35.5 Å². The lowest BCUT2D eigenvalue weighted by Crippen LogP contribution is -2.51. The Balaban J connectivity index is 1.06. The molecule has 0 spiro atoms. The minimum absolute atomic E-state index is 0.0389. The summed E-state index contributed by atoms with van der Waals surface area (Å²) in [6.45, 7) is 0. The van der Waals surface area contributed by atoms with Gasteiger partial charge in [-0.3, -0.25) is 0 Å². The summed E-state index contributed by atoms with van der Waals surface area (Å²) in [6.07, 6.45) is -4.06. The van der Waals surface area contributed by atoms with E-state index in [2.05, 4.69) is 48.5 Å². The second-order valence-corrected chi connectivity index (χ2v) is 17.9. The molecule has 2 saturated carbocycles. The van der Waals surface area contributed by atoms with Crippen molar-refractivity contribution in [1.29, 1.82) is 0 Å². The highest BCUT2D eigenvalue weighted by molar-refractivity contribution is 5.49. The molecule has 3 nitrogen and oxygen atoms in total. The standard InChI is InChI=1S/C48H52F6O3/c49-47(50,51)25-21-43(55)19-23-45(29-33-7-3-1-4-8-33)37(31-43)13-11-35-27-39(15-17-41(35)45)57-40-16-18-42-36(28-40)12-14-38-32-44(56,22-26-48(52,53)54)20-24-46(38,42)30-34-9-5-2-6-10-34/h1-10,15-18,27-28,37-38,55-56H,11-14,19-26,29-32H2. The summed E-state index contributed by atoms with van der Waals surface area (Å²) in [5.74, 6) is 1.49. The molecular formula is C48H52F6O3. The molecule has 4 aliphatic rings. The van der Waals surface area contributed by atoms with Crippen LogP contribution in [-0.4, -0.2) is 33.8 Å². The summed E-state index contributed by atoms with van der Waals surface area (Å²) in [4.78, 5) is 0. The average Bonchev–Trinajstić information content (AvgIpc) is 3.17. The van der Waals surface area contributed by atoms with Gasteiger partial charge < -0.3 is 14.9 Å². The topological polar surface area (TPSA) is 49.7 Å². The van der Waals surface area contributed by atoms with Gasteiger partial charge in [-0.2, -0.15) is 26.3 Å². The maximum Gasteiger partial charge on any atom is 0.389 e. The fourth-order valence-electron chi connectivity index (χ4n) is 11.5. The number of halogens is 6. The van der Waals surface area contributed by atoms with E-state index in [1.165, 1.54) is 33.4 Å². The first-order valence-corrected chi connectivity index (χ1v) is 20.7. The maximum absolute atomic E-state index is 13.2. The number of rotatable bonds is 10. The van der Waals surface area contributed by atoms with Crippen molar-refractivity contribution in [2.75, 3.05) is 0 Å². The number of hydrogen-bond acceptors (Lipinski definition) is 3. The number of benzene rings is 4. The van der Waals surface area contributed by atoms with Crippen LogP contribution in [0.1, 0.15) is 110 Å². The van der Waals surface area contributed by atoms with Crippen LogP contribution in [0, 0.1) is 11.8 Å². The normalized spacial score (nSPS) is 29.8. The molecule has 304 valence electrons. The van der Waals surface area contributed by atoms with Crippen molar-refractivity contribution in [3.05, 3.63) is 130 Å². The molecular weight excluding hydrogens is 739 g/mol. The third-order valence-corrected chi connectivity index (χ3v) is 14.3. The van der Waals surface area contributed by atoms with Crippen LogP contribution in [0.4, 0.5) is 26.3 Å². The van der Waals surface area contributed by atoms with E-state index in [4.69, 9.17) is 4.74 Å². The Morgan fingerprint density at radius 1 is 0.544 bits per heavy atom. The van der Waals surface area contributed by atoms with Gasteiger partial charge in [0.2, 0.25) is 0 Å². The first-order valence-electron chi connectivity index (χ1n) is 20.7. The van der Waals surface area contributed by atoms with Crippen molar-refractivity contribution in [3.8, 4) is 11.5 Å². The van der Waals surface area contributed by atoms with Gasteiger partial charge in [0.1, 0.15) is 11.5 Å². The smallest absolute Gasteiger partial charge is 0.389 e. The number of aryl methyl sites for hydroxylation is 2. The van der Waals surface area contributed by atoms with Gasteiger partial charge in [0, 0.05) is 23.7 Å². The summed E-state index contributed by atoms with van der Waals surface area (Å²) >= 11 is 0. The van der Waals surface area contributed by atoms with Crippen LogP contribution in [0.25, 0.3) is 0 Å². The maximum atomic E-state index is 13.2. The molecule has 4 aromatic carbocycles. The van der Waals surface area contributed by atoms with Crippen LogP contribution in [0.15, 0.2) is 97.1 Å². The number of ether oxygens (including phenoxy) is 1. The van der Waals surface area contributed by atoms with Gasteiger partial charge in [0.25, 0.3) is 0 Å². The number of fused-ring (bicyclic) bond motifs is 6. The molecule has 0 aliphatic heterocycles. The molecule has 0 amide bonds. The van der Waals surface area contributed by atoms with Crippen LogP contribution >= 0.6 is 0 Å². The predicted molar refractivity (Wildman–Crippen MR) is 208 cm³/mol. The third-order valence-electron chi connectivity index (χ3n) is 14.3. The van der Waals surface area contributed by atoms with Crippen molar-refractivity contribution < 1.29 is 41.3 Å². The molecule has 0 radical (unpaired) electrons. The van der Waals surface area contributed by atoms with Gasteiger partial charge in [0.15, 0.2) is 0 Å². The number of hydrogen-bond donors (Lipinski definition) is 2. The van der Waals surface area contributed by atoms with Crippen molar-refractivity contribution >= 4 is 0 Å². The van der Waals surface area contributed by atoms with Gasteiger partial charge >= 0.3 is 12.4 Å². The Morgan fingerprint density at radius 2 is 0.947 bits per heavy atom. The Hall–Kier alpha value is -3.82. The van der Waals surface area contributed by atoms with Gasteiger partial charge in [0.05, 0.1) is 11.2 Å². The molecule has 0 aromatic heterocycles. The quantitative estimate of drug-likeness (QED) is 0.157. The fraction of sp³-hybridized carbons (Fsp3) is 0.500. The first-order chi connectivity index (χ1) is 27.0. The molecule has 8 rings (SSSR count). The molecule has 9 heteroatoms. The van der Waals surface area contributed by atoms with E-state index >= 15 is 0 Å². The van der Waals surface area contributed by atoms with Crippen molar-refractivity contribution in [2.45, 2.75) is 137 Å². The summed E-state index contributed by atoms with van der Waals surface area (Å²) in [5.41, 5.74) is 3.77. The van der Waals surface area contributed by atoms with E-state index in [1.54, 1.807) is 0 Å². The summed E-state index contributed by atoms with van der Waals surface area (Å²) in [7, 11) is 0. The lowest BCUT2D eigenvalue weighted by Gasteiger charge is -2.53. The highest BCUT2D eigenvalue weighted by Gasteiger charge is 2.54. The van der Waals surface area contributed by atoms with Gasteiger partial charge in [-0.25, -0.2) is 0 Å². The summed E-state index contributed by atoms with van der Waals surface area (Å²) < 4.78 is 86.0. The van der Waals surface area contributed by atoms with Crippen molar-refractivity contribution in [1.82, 2.24) is 0 Å². The molecule has 0 bridgehead atoms. The third kappa shape index (κ3) is 8.52. The van der Waals surface area contributed by atoms with Gasteiger partial charge in [-0.1, -0.05) is 72.8 Å². The Bertz CT molecular complexity index is 1890. The fourth-order valence-corrected chi connectivity index (χ4v) is 11.5. The average molecular weight is 791 g/mol. The second kappa shape index (κ2) is 15.1. The van der Waals surface area contributed by atoms with Crippen LogP contribution in [0.3, 0.4) is 0 Å². The minimum Gasteiger partial charge on any atom is -0.457 e. The van der Waals surface area contributed by atoms with Crippen LogP contribution in [0.5, 0.6) is 11.5 Å². The van der Waals surface area contributed by atoms with Crippen molar-refractivity contribution in [2.24, 2.45) is 11.8 Å². The predicted octanol–water partition coefficient (Wildman–Crippen LogP) is 12.1. The second-order valence-electron chi connectivity index (χ2n) is 17.9. The van der Waals surface area contributed by atoms with E-state index in [1.807, 2.05) is 48.5 Å². The monoisotopic (exact) mass is 790 g/mol. The van der Waals surface area contributed by atoms with Gasteiger partial charge in [-0.05, 0) is 159 Å². The van der Waals surface area contributed by atoms with Crippen LogP contribution in [-0.2, 0) is 36.5 Å². The van der Waals surface area contributed by atoms with E-state index in [9.17, 15) is 36.6 Å². The van der Waals surface area contributed by atoms with Gasteiger partial charge in [-0.15, -0.1) is 0 Å². The van der Waals surface area contributed by atoms with Crippen LogP contribution in [0.2, 0.25) is 0 Å². The Morgan fingerprint density at radius 3 is 1.33 bits per heavy atom.